The first-order chi connectivity index (χ1) is 13.2. The Balaban J connectivity index is 1.49. The zero-order valence-electron chi connectivity index (χ0n) is 15.2. The van der Waals surface area contributed by atoms with E-state index in [4.69, 9.17) is 10.5 Å². The number of thioether (sulfide) groups is 1. The van der Waals surface area contributed by atoms with Gasteiger partial charge in [0.1, 0.15) is 5.82 Å². The molecule has 1 aliphatic rings. The van der Waals surface area contributed by atoms with Crippen molar-refractivity contribution < 1.29 is 9.13 Å². The Labute approximate surface area is 163 Å². The molecule has 0 aliphatic heterocycles. The molecule has 0 radical (unpaired) electrons. The third-order valence-electron chi connectivity index (χ3n) is 4.45. The zero-order chi connectivity index (χ0) is 18.9. The minimum absolute atomic E-state index is 0.274. The summed E-state index contributed by atoms with van der Waals surface area (Å²) in [5.41, 5.74) is 8.23. The molecule has 2 aromatic carbocycles. The standard InChI is InChI=1S/C21H24FN3OS/c22-20-12-17(10-11-18(20)14-26-19-8-4-5-9-19)13-24-25-21(23)27-15-16-6-2-1-3-7-16/h1-3,6-7,10-13,19H,4-5,8-9,14-15H2,(H2,23,25). The third-order valence-corrected chi connectivity index (χ3v) is 5.30. The second-order valence-corrected chi connectivity index (χ2v) is 7.52. The smallest absolute Gasteiger partial charge is 0.180 e. The molecule has 0 atom stereocenters. The van der Waals surface area contributed by atoms with Crippen LogP contribution in [0.1, 0.15) is 42.4 Å². The summed E-state index contributed by atoms with van der Waals surface area (Å²) in [6.45, 7) is 0.315. The van der Waals surface area contributed by atoms with Crippen LogP contribution < -0.4 is 5.73 Å². The van der Waals surface area contributed by atoms with E-state index in [-0.39, 0.29) is 11.9 Å². The summed E-state index contributed by atoms with van der Waals surface area (Å²) in [5.74, 6) is 0.447. The third kappa shape index (κ3) is 6.48. The van der Waals surface area contributed by atoms with Gasteiger partial charge < -0.3 is 10.5 Å². The van der Waals surface area contributed by atoms with Gasteiger partial charge in [-0.15, -0.1) is 5.10 Å². The Bertz CT molecular complexity index is 789. The van der Waals surface area contributed by atoms with Gasteiger partial charge in [-0.2, -0.15) is 5.10 Å². The molecule has 0 bridgehead atoms. The lowest BCUT2D eigenvalue weighted by Gasteiger charge is -2.11. The minimum Gasteiger partial charge on any atom is -0.377 e. The molecule has 0 spiro atoms. The number of hydrogen-bond donors (Lipinski definition) is 1. The van der Waals surface area contributed by atoms with Crippen LogP contribution in [0.25, 0.3) is 0 Å². The average molecular weight is 386 g/mol. The molecular formula is C21H24FN3OS. The normalized spacial score (nSPS) is 15.7. The van der Waals surface area contributed by atoms with E-state index in [1.54, 1.807) is 6.07 Å². The predicted molar refractivity (Wildman–Crippen MR) is 110 cm³/mol. The summed E-state index contributed by atoms with van der Waals surface area (Å²) in [5, 5.41) is 8.28. The van der Waals surface area contributed by atoms with E-state index in [0.29, 0.717) is 22.9 Å². The second kappa shape index (κ2) is 10.2. The number of benzene rings is 2. The van der Waals surface area contributed by atoms with Crippen molar-refractivity contribution in [3.8, 4) is 0 Å². The fourth-order valence-corrected chi connectivity index (χ4v) is 3.55. The first-order valence-corrected chi connectivity index (χ1v) is 10.1. The van der Waals surface area contributed by atoms with Crippen molar-refractivity contribution in [2.75, 3.05) is 0 Å². The van der Waals surface area contributed by atoms with Gasteiger partial charge in [-0.05, 0) is 30.0 Å². The maximum Gasteiger partial charge on any atom is 0.180 e. The number of hydrogen-bond acceptors (Lipinski definition) is 4. The van der Waals surface area contributed by atoms with Crippen LogP contribution in [0.5, 0.6) is 0 Å². The van der Waals surface area contributed by atoms with Gasteiger partial charge in [-0.1, -0.05) is 67.1 Å². The lowest BCUT2D eigenvalue weighted by atomic mass is 10.1. The molecule has 2 aromatic rings. The van der Waals surface area contributed by atoms with Crippen molar-refractivity contribution >= 4 is 23.1 Å². The first kappa shape index (κ1) is 19.6. The summed E-state index contributed by atoms with van der Waals surface area (Å²) in [4.78, 5) is 0. The number of ether oxygens (including phenoxy) is 1. The average Bonchev–Trinajstić information content (AvgIpc) is 3.20. The Morgan fingerprint density at radius 1 is 1.19 bits per heavy atom. The van der Waals surface area contributed by atoms with E-state index in [1.165, 1.54) is 42.4 Å². The van der Waals surface area contributed by atoms with Crippen molar-refractivity contribution in [1.82, 2.24) is 0 Å². The quantitative estimate of drug-likeness (QED) is 0.420. The van der Waals surface area contributed by atoms with E-state index in [9.17, 15) is 4.39 Å². The van der Waals surface area contributed by atoms with E-state index < -0.39 is 0 Å². The van der Waals surface area contributed by atoms with E-state index in [1.807, 2.05) is 36.4 Å². The highest BCUT2D eigenvalue weighted by Crippen LogP contribution is 2.22. The summed E-state index contributed by atoms with van der Waals surface area (Å²) in [7, 11) is 0. The fourth-order valence-electron chi connectivity index (χ4n) is 2.94. The van der Waals surface area contributed by atoms with Crippen molar-refractivity contribution in [3.05, 3.63) is 71.0 Å². The Hall–Kier alpha value is -2.18. The molecule has 3 rings (SSSR count). The molecular weight excluding hydrogens is 361 g/mol. The maximum atomic E-state index is 14.2. The zero-order valence-corrected chi connectivity index (χ0v) is 16.0. The van der Waals surface area contributed by atoms with E-state index in [2.05, 4.69) is 10.2 Å². The monoisotopic (exact) mass is 385 g/mol. The summed E-state index contributed by atoms with van der Waals surface area (Å²) in [6.07, 6.45) is 6.34. The van der Waals surface area contributed by atoms with Crippen LogP contribution in [0.2, 0.25) is 0 Å². The van der Waals surface area contributed by atoms with Gasteiger partial charge in [0.05, 0.1) is 18.9 Å². The molecule has 142 valence electrons. The molecule has 27 heavy (non-hydrogen) atoms. The molecule has 6 heteroatoms. The van der Waals surface area contributed by atoms with Gasteiger partial charge in [0.2, 0.25) is 0 Å². The van der Waals surface area contributed by atoms with Crippen molar-refractivity contribution in [1.29, 1.82) is 0 Å². The molecule has 1 fully saturated rings. The van der Waals surface area contributed by atoms with Crippen LogP contribution in [-0.2, 0) is 17.1 Å². The summed E-state index contributed by atoms with van der Waals surface area (Å²) < 4.78 is 20.0. The van der Waals surface area contributed by atoms with Crippen molar-refractivity contribution in [2.24, 2.45) is 15.9 Å². The van der Waals surface area contributed by atoms with Crippen LogP contribution in [0.4, 0.5) is 4.39 Å². The van der Waals surface area contributed by atoms with Crippen molar-refractivity contribution in [2.45, 2.75) is 44.1 Å². The molecule has 0 amide bonds. The van der Waals surface area contributed by atoms with Crippen LogP contribution in [-0.4, -0.2) is 17.5 Å². The number of halogens is 1. The van der Waals surface area contributed by atoms with Gasteiger partial charge in [0, 0.05) is 11.3 Å². The molecule has 1 saturated carbocycles. The molecule has 2 N–H and O–H groups in total. The van der Waals surface area contributed by atoms with Crippen LogP contribution in [0.3, 0.4) is 0 Å². The largest absolute Gasteiger partial charge is 0.377 e. The maximum absolute atomic E-state index is 14.2. The predicted octanol–water partition coefficient (Wildman–Crippen LogP) is 4.87. The Morgan fingerprint density at radius 2 is 1.96 bits per heavy atom. The van der Waals surface area contributed by atoms with Gasteiger partial charge in [0.25, 0.3) is 0 Å². The highest BCUT2D eigenvalue weighted by molar-refractivity contribution is 8.13. The molecule has 0 unspecified atom stereocenters. The molecule has 0 aromatic heterocycles. The Kier molecular flexibility index (Phi) is 7.42. The number of nitrogens with two attached hydrogens (primary N) is 1. The minimum atomic E-state index is -0.285. The van der Waals surface area contributed by atoms with E-state index in [0.717, 1.165) is 18.6 Å². The Morgan fingerprint density at radius 3 is 2.70 bits per heavy atom. The molecule has 1 aliphatic carbocycles. The van der Waals surface area contributed by atoms with Crippen molar-refractivity contribution in [3.63, 3.8) is 0 Å². The topological polar surface area (TPSA) is 60.0 Å². The lowest BCUT2D eigenvalue weighted by molar-refractivity contribution is 0.0441. The number of amidine groups is 1. The van der Waals surface area contributed by atoms with E-state index >= 15 is 0 Å². The van der Waals surface area contributed by atoms with Crippen LogP contribution in [0.15, 0.2) is 58.7 Å². The lowest BCUT2D eigenvalue weighted by Crippen LogP contribution is -2.08. The second-order valence-electron chi connectivity index (χ2n) is 6.53. The highest BCUT2D eigenvalue weighted by Gasteiger charge is 2.16. The highest BCUT2D eigenvalue weighted by atomic mass is 32.2. The number of nitrogens with zero attached hydrogens (tertiary/aromatic N) is 2. The first-order valence-electron chi connectivity index (χ1n) is 9.14. The molecule has 0 saturated heterocycles. The van der Waals surface area contributed by atoms with Gasteiger partial charge in [0.15, 0.2) is 5.17 Å². The van der Waals surface area contributed by atoms with Gasteiger partial charge in [-0.3, -0.25) is 0 Å². The van der Waals surface area contributed by atoms with Crippen LogP contribution >= 0.6 is 11.8 Å². The van der Waals surface area contributed by atoms with Crippen LogP contribution in [0, 0.1) is 5.82 Å². The summed E-state index contributed by atoms with van der Waals surface area (Å²) >= 11 is 1.41. The number of rotatable bonds is 7. The van der Waals surface area contributed by atoms with Gasteiger partial charge >= 0.3 is 0 Å². The SMILES string of the molecule is NC(=NN=Cc1ccc(COC2CCCC2)c(F)c1)SCc1ccccc1. The fraction of sp³-hybridized carbons (Fsp3) is 0.333. The van der Waals surface area contributed by atoms with Gasteiger partial charge in [-0.25, -0.2) is 4.39 Å². The summed E-state index contributed by atoms with van der Waals surface area (Å²) in [6, 6.07) is 15.0. The molecule has 4 nitrogen and oxygen atoms in total. The molecule has 0 heterocycles.